The minimum atomic E-state index is -3.60. The molecule has 0 spiro atoms. The molecular formula is C29H41N3O5S. The number of para-hydroxylation sites is 2. The Morgan fingerprint density at radius 1 is 1.03 bits per heavy atom. The minimum absolute atomic E-state index is 0.112. The first-order valence-corrected chi connectivity index (χ1v) is 15.3. The quantitative estimate of drug-likeness (QED) is 0.401. The summed E-state index contributed by atoms with van der Waals surface area (Å²) in [6.07, 6.45) is 7.41. The lowest BCUT2D eigenvalue weighted by molar-refractivity contribution is -0.141. The number of carbonyl (C=O) groups is 2. The number of methoxy groups -OCH3 is 1. The van der Waals surface area contributed by atoms with Gasteiger partial charge in [-0.1, -0.05) is 68.7 Å². The highest BCUT2D eigenvalue weighted by atomic mass is 32.2. The summed E-state index contributed by atoms with van der Waals surface area (Å²) in [5.74, 6) is 0.156. The zero-order chi connectivity index (χ0) is 27.5. The Hall–Kier alpha value is -3.07. The summed E-state index contributed by atoms with van der Waals surface area (Å²) in [7, 11) is -2.11. The standard InChI is InChI=1S/C29H41N3O5S/c1-4-25(29(34)30-24-16-9-6-10-17-24)31(22-23-14-7-5-8-15-23)28(33)20-13-21-32(38(3,35)36)26-18-11-12-19-27(26)37-2/h5,7-8,11-12,14-15,18-19,24-25H,4,6,9-10,13,16-17,20-22H2,1-3H3,(H,30,34)/t25-/m1/s1. The smallest absolute Gasteiger partial charge is 0.243 e. The van der Waals surface area contributed by atoms with Crippen molar-refractivity contribution in [3.8, 4) is 5.75 Å². The van der Waals surface area contributed by atoms with Crippen LogP contribution in [-0.2, 0) is 26.2 Å². The Balaban J connectivity index is 1.75. The van der Waals surface area contributed by atoms with Crippen LogP contribution in [0.3, 0.4) is 0 Å². The molecular weight excluding hydrogens is 502 g/mol. The molecule has 9 heteroatoms. The van der Waals surface area contributed by atoms with Crippen LogP contribution in [0.5, 0.6) is 5.75 Å². The summed E-state index contributed by atoms with van der Waals surface area (Å²) in [6, 6.07) is 16.1. The number of anilines is 1. The van der Waals surface area contributed by atoms with Gasteiger partial charge in [0, 0.05) is 25.6 Å². The van der Waals surface area contributed by atoms with Crippen LogP contribution in [0.15, 0.2) is 54.6 Å². The second-order valence-electron chi connectivity index (χ2n) is 9.89. The van der Waals surface area contributed by atoms with E-state index < -0.39 is 16.1 Å². The van der Waals surface area contributed by atoms with Crippen molar-refractivity contribution >= 4 is 27.5 Å². The first kappa shape index (κ1) is 29.5. The van der Waals surface area contributed by atoms with E-state index in [0.717, 1.165) is 37.5 Å². The summed E-state index contributed by atoms with van der Waals surface area (Å²) >= 11 is 0. The molecule has 0 saturated heterocycles. The number of sulfonamides is 1. The second-order valence-corrected chi connectivity index (χ2v) is 11.8. The molecule has 0 bridgehead atoms. The lowest BCUT2D eigenvalue weighted by atomic mass is 9.95. The van der Waals surface area contributed by atoms with E-state index in [4.69, 9.17) is 4.74 Å². The van der Waals surface area contributed by atoms with Crippen LogP contribution in [0.2, 0.25) is 0 Å². The molecule has 2 amide bonds. The summed E-state index contributed by atoms with van der Waals surface area (Å²) in [5.41, 5.74) is 1.38. The third-order valence-corrected chi connectivity index (χ3v) is 8.22. The Bertz CT molecular complexity index is 1150. The van der Waals surface area contributed by atoms with Gasteiger partial charge in [0.2, 0.25) is 21.8 Å². The first-order valence-electron chi connectivity index (χ1n) is 13.5. The van der Waals surface area contributed by atoms with E-state index in [-0.39, 0.29) is 30.8 Å². The maximum atomic E-state index is 13.6. The normalized spacial score (nSPS) is 14.9. The number of ether oxygens (including phenoxy) is 1. The van der Waals surface area contributed by atoms with Crippen LogP contribution in [0.25, 0.3) is 0 Å². The summed E-state index contributed by atoms with van der Waals surface area (Å²) in [6.45, 7) is 2.36. The molecule has 0 radical (unpaired) electrons. The zero-order valence-electron chi connectivity index (χ0n) is 22.8. The van der Waals surface area contributed by atoms with Crippen LogP contribution in [0.4, 0.5) is 5.69 Å². The monoisotopic (exact) mass is 543 g/mol. The highest BCUT2D eigenvalue weighted by molar-refractivity contribution is 7.92. The van der Waals surface area contributed by atoms with Gasteiger partial charge in [0.1, 0.15) is 11.8 Å². The fourth-order valence-electron chi connectivity index (χ4n) is 5.06. The average Bonchev–Trinajstić information content (AvgIpc) is 2.91. The van der Waals surface area contributed by atoms with Gasteiger partial charge in [0.25, 0.3) is 0 Å². The fourth-order valence-corrected chi connectivity index (χ4v) is 6.03. The number of nitrogens with one attached hydrogen (secondary N) is 1. The van der Waals surface area contributed by atoms with Gasteiger partial charge < -0.3 is 15.0 Å². The van der Waals surface area contributed by atoms with Crippen molar-refractivity contribution in [3.63, 3.8) is 0 Å². The highest BCUT2D eigenvalue weighted by Gasteiger charge is 2.30. The summed E-state index contributed by atoms with van der Waals surface area (Å²) in [4.78, 5) is 28.6. The third kappa shape index (κ3) is 8.21. The van der Waals surface area contributed by atoms with Gasteiger partial charge in [-0.3, -0.25) is 13.9 Å². The van der Waals surface area contributed by atoms with Gasteiger partial charge in [-0.15, -0.1) is 0 Å². The van der Waals surface area contributed by atoms with E-state index in [2.05, 4.69) is 5.32 Å². The van der Waals surface area contributed by atoms with Gasteiger partial charge in [-0.05, 0) is 43.4 Å². The zero-order valence-corrected chi connectivity index (χ0v) is 23.6. The van der Waals surface area contributed by atoms with Crippen molar-refractivity contribution in [1.29, 1.82) is 0 Å². The number of rotatable bonds is 13. The molecule has 1 N–H and O–H groups in total. The summed E-state index contributed by atoms with van der Waals surface area (Å²) in [5, 5.41) is 3.19. The van der Waals surface area contributed by atoms with Crippen molar-refractivity contribution in [2.75, 3.05) is 24.2 Å². The number of hydrogen-bond donors (Lipinski definition) is 1. The van der Waals surface area contributed by atoms with E-state index in [0.29, 0.717) is 30.8 Å². The molecule has 8 nitrogen and oxygen atoms in total. The molecule has 38 heavy (non-hydrogen) atoms. The van der Waals surface area contributed by atoms with Crippen LogP contribution < -0.4 is 14.4 Å². The Morgan fingerprint density at radius 3 is 2.32 bits per heavy atom. The predicted octanol–water partition coefficient (Wildman–Crippen LogP) is 4.50. The molecule has 2 aromatic rings. The number of nitrogens with zero attached hydrogens (tertiary/aromatic N) is 2. The largest absolute Gasteiger partial charge is 0.495 e. The number of carbonyl (C=O) groups excluding carboxylic acids is 2. The fraction of sp³-hybridized carbons (Fsp3) is 0.517. The SMILES string of the molecule is CC[C@H](C(=O)NC1CCCCC1)N(Cc1ccccc1)C(=O)CCCN(c1ccccc1OC)S(C)(=O)=O. The Morgan fingerprint density at radius 2 is 1.68 bits per heavy atom. The van der Waals surface area contributed by atoms with Crippen molar-refractivity contribution in [2.24, 2.45) is 0 Å². The van der Waals surface area contributed by atoms with Gasteiger partial charge >= 0.3 is 0 Å². The van der Waals surface area contributed by atoms with E-state index in [1.165, 1.54) is 17.8 Å². The van der Waals surface area contributed by atoms with Crippen molar-refractivity contribution in [2.45, 2.75) is 76.9 Å². The van der Waals surface area contributed by atoms with E-state index in [9.17, 15) is 18.0 Å². The van der Waals surface area contributed by atoms with E-state index in [1.807, 2.05) is 37.3 Å². The minimum Gasteiger partial charge on any atom is -0.495 e. The van der Waals surface area contributed by atoms with Crippen LogP contribution >= 0.6 is 0 Å². The second kappa shape index (κ2) is 14.2. The Labute approximate surface area is 227 Å². The van der Waals surface area contributed by atoms with Crippen molar-refractivity contribution in [3.05, 3.63) is 60.2 Å². The number of hydrogen-bond acceptors (Lipinski definition) is 5. The summed E-state index contributed by atoms with van der Waals surface area (Å²) < 4.78 is 31.8. The number of benzene rings is 2. The molecule has 1 aliphatic rings. The molecule has 0 aromatic heterocycles. The molecule has 0 unspecified atom stereocenters. The molecule has 1 fully saturated rings. The molecule has 1 aliphatic carbocycles. The highest BCUT2D eigenvalue weighted by Crippen LogP contribution is 2.30. The van der Waals surface area contributed by atoms with Gasteiger partial charge in [0.05, 0.1) is 19.1 Å². The lowest BCUT2D eigenvalue weighted by Gasteiger charge is -2.33. The average molecular weight is 544 g/mol. The molecule has 0 heterocycles. The van der Waals surface area contributed by atoms with Crippen LogP contribution in [0, 0.1) is 0 Å². The third-order valence-electron chi connectivity index (χ3n) is 7.04. The van der Waals surface area contributed by atoms with Gasteiger partial charge in [-0.2, -0.15) is 0 Å². The van der Waals surface area contributed by atoms with E-state index >= 15 is 0 Å². The van der Waals surface area contributed by atoms with Crippen LogP contribution in [0.1, 0.15) is 63.9 Å². The maximum Gasteiger partial charge on any atom is 0.243 e. The van der Waals surface area contributed by atoms with Crippen LogP contribution in [-0.4, -0.2) is 57.1 Å². The molecule has 1 saturated carbocycles. The molecule has 2 aromatic carbocycles. The van der Waals surface area contributed by atoms with Gasteiger partial charge in [0.15, 0.2) is 0 Å². The number of amides is 2. The first-order chi connectivity index (χ1) is 18.2. The van der Waals surface area contributed by atoms with Crippen molar-refractivity contribution in [1.82, 2.24) is 10.2 Å². The Kier molecular flexibility index (Phi) is 11.0. The van der Waals surface area contributed by atoms with Gasteiger partial charge in [-0.25, -0.2) is 8.42 Å². The molecule has 0 aliphatic heterocycles. The molecule has 1 atom stereocenters. The maximum absolute atomic E-state index is 13.6. The predicted molar refractivity (Wildman–Crippen MR) is 151 cm³/mol. The van der Waals surface area contributed by atoms with Crippen molar-refractivity contribution < 1.29 is 22.7 Å². The molecule has 208 valence electrons. The lowest BCUT2D eigenvalue weighted by Crippen LogP contribution is -2.51. The molecule has 3 rings (SSSR count). The topological polar surface area (TPSA) is 96.0 Å². The van der Waals surface area contributed by atoms with E-state index in [1.54, 1.807) is 29.2 Å².